The van der Waals surface area contributed by atoms with Crippen molar-refractivity contribution in [3.8, 4) is 0 Å². The Morgan fingerprint density at radius 2 is 2.40 bits per heavy atom. The van der Waals surface area contributed by atoms with Crippen LogP contribution in [0.3, 0.4) is 0 Å². The fourth-order valence-electron chi connectivity index (χ4n) is 1.42. The van der Waals surface area contributed by atoms with Crippen molar-refractivity contribution in [1.82, 2.24) is 15.1 Å². The average Bonchev–Trinajstić information content (AvgIpc) is 2.51. The van der Waals surface area contributed by atoms with E-state index in [-0.39, 0.29) is 5.97 Å². The quantitative estimate of drug-likeness (QED) is 0.739. The summed E-state index contributed by atoms with van der Waals surface area (Å²) in [6.07, 6.45) is 1.69. The molecule has 0 spiro atoms. The van der Waals surface area contributed by atoms with Crippen LogP contribution in [-0.4, -0.2) is 29.4 Å². The number of ether oxygens (including phenoxy) is 1. The molecule has 0 fully saturated rings. The van der Waals surface area contributed by atoms with Gasteiger partial charge in [0.25, 0.3) is 0 Å². The van der Waals surface area contributed by atoms with E-state index in [0.29, 0.717) is 6.61 Å². The minimum absolute atomic E-state index is 0.267. The second kappa shape index (κ2) is 4.93. The Balaban J connectivity index is 2.92. The molecule has 5 nitrogen and oxygen atoms in total. The van der Waals surface area contributed by atoms with Gasteiger partial charge in [-0.3, -0.25) is 4.68 Å². The maximum Gasteiger partial charge on any atom is 0.327 e. The van der Waals surface area contributed by atoms with Crippen molar-refractivity contribution in [2.75, 3.05) is 13.7 Å². The molecule has 0 bridgehead atoms. The smallest absolute Gasteiger partial charge is 0.327 e. The number of hydrogen-bond donors (Lipinski definition) is 1. The van der Waals surface area contributed by atoms with Gasteiger partial charge in [0.1, 0.15) is 6.04 Å². The van der Waals surface area contributed by atoms with Gasteiger partial charge in [-0.15, -0.1) is 0 Å². The normalized spacial score (nSPS) is 12.5. The Morgan fingerprint density at radius 3 is 2.80 bits per heavy atom. The van der Waals surface area contributed by atoms with Crippen LogP contribution in [0.2, 0.25) is 0 Å². The molecule has 0 aliphatic heterocycles. The third-order valence-electron chi connectivity index (χ3n) is 2.40. The first-order valence-corrected chi connectivity index (χ1v) is 4.94. The van der Waals surface area contributed by atoms with Crippen LogP contribution in [-0.2, 0) is 16.6 Å². The number of aryl methyl sites for hydroxylation is 1. The minimum Gasteiger partial charge on any atom is -0.465 e. The maximum absolute atomic E-state index is 11.6. The molecule has 0 aromatic carbocycles. The molecule has 5 heteroatoms. The molecule has 1 N–H and O–H groups in total. The zero-order chi connectivity index (χ0) is 11.4. The molecule has 1 rings (SSSR count). The van der Waals surface area contributed by atoms with E-state index in [1.165, 1.54) is 0 Å². The Morgan fingerprint density at radius 1 is 1.73 bits per heavy atom. The summed E-state index contributed by atoms with van der Waals surface area (Å²) in [6.45, 7) is 4.10. The van der Waals surface area contributed by atoms with Gasteiger partial charge in [-0.25, -0.2) is 4.79 Å². The van der Waals surface area contributed by atoms with Crippen molar-refractivity contribution in [2.45, 2.75) is 19.9 Å². The number of nitrogens with zero attached hydrogens (tertiary/aromatic N) is 2. The number of hydrogen-bond acceptors (Lipinski definition) is 4. The molecule has 0 aliphatic carbocycles. The van der Waals surface area contributed by atoms with Gasteiger partial charge < -0.3 is 10.1 Å². The summed E-state index contributed by atoms with van der Waals surface area (Å²) in [5.41, 5.74) is 1.82. The number of nitrogens with one attached hydrogen (secondary N) is 1. The monoisotopic (exact) mass is 211 g/mol. The van der Waals surface area contributed by atoms with Crippen molar-refractivity contribution in [3.05, 3.63) is 17.5 Å². The Kier molecular flexibility index (Phi) is 3.85. The molecule has 0 aliphatic rings. The van der Waals surface area contributed by atoms with Gasteiger partial charge in [0.2, 0.25) is 0 Å². The first kappa shape index (κ1) is 11.7. The van der Waals surface area contributed by atoms with Crippen LogP contribution in [0.15, 0.2) is 6.20 Å². The molecule has 1 aromatic rings. The zero-order valence-electron chi connectivity index (χ0n) is 9.57. The van der Waals surface area contributed by atoms with E-state index >= 15 is 0 Å². The highest BCUT2D eigenvalue weighted by molar-refractivity contribution is 5.77. The van der Waals surface area contributed by atoms with E-state index < -0.39 is 6.04 Å². The molecule has 0 radical (unpaired) electrons. The molecule has 1 aromatic heterocycles. The van der Waals surface area contributed by atoms with Gasteiger partial charge in [-0.2, -0.15) is 5.10 Å². The van der Waals surface area contributed by atoms with E-state index in [1.807, 2.05) is 14.0 Å². The third-order valence-corrected chi connectivity index (χ3v) is 2.40. The first-order valence-electron chi connectivity index (χ1n) is 4.94. The minimum atomic E-state index is -0.432. The number of carbonyl (C=O) groups is 1. The Bertz CT molecular complexity index is 346. The first-order chi connectivity index (χ1) is 7.11. The fourth-order valence-corrected chi connectivity index (χ4v) is 1.42. The SMILES string of the molecule is CCOC(=O)C(NC)c1cnn(C)c1C. The van der Waals surface area contributed by atoms with Crippen LogP contribution in [0.5, 0.6) is 0 Å². The number of carbonyl (C=O) groups excluding carboxylic acids is 1. The van der Waals surface area contributed by atoms with Crippen LogP contribution < -0.4 is 5.32 Å². The lowest BCUT2D eigenvalue weighted by Gasteiger charge is -2.14. The van der Waals surface area contributed by atoms with E-state index in [4.69, 9.17) is 4.74 Å². The predicted octanol–water partition coefficient (Wildman–Crippen LogP) is 0.552. The van der Waals surface area contributed by atoms with E-state index in [9.17, 15) is 4.79 Å². The van der Waals surface area contributed by atoms with Crippen LogP contribution in [0.1, 0.15) is 24.2 Å². The third kappa shape index (κ3) is 2.36. The van der Waals surface area contributed by atoms with Crippen LogP contribution in [0, 0.1) is 6.92 Å². The molecule has 0 saturated heterocycles. The van der Waals surface area contributed by atoms with Crippen molar-refractivity contribution in [3.63, 3.8) is 0 Å². The standard InChI is InChI=1S/C10H17N3O2/c1-5-15-10(14)9(11-3)8-6-12-13(4)7(8)2/h6,9,11H,5H2,1-4H3. The highest BCUT2D eigenvalue weighted by atomic mass is 16.5. The largest absolute Gasteiger partial charge is 0.465 e. The molecule has 15 heavy (non-hydrogen) atoms. The second-order valence-electron chi connectivity index (χ2n) is 3.28. The van der Waals surface area contributed by atoms with Gasteiger partial charge >= 0.3 is 5.97 Å². The summed E-state index contributed by atoms with van der Waals surface area (Å²) in [6, 6.07) is -0.432. The van der Waals surface area contributed by atoms with Gasteiger partial charge in [0, 0.05) is 18.3 Å². The van der Waals surface area contributed by atoms with E-state index in [0.717, 1.165) is 11.3 Å². The molecule has 0 amide bonds. The molecule has 1 unspecified atom stereocenters. The summed E-state index contributed by atoms with van der Waals surface area (Å²) < 4.78 is 6.71. The van der Waals surface area contributed by atoms with Crippen molar-refractivity contribution >= 4 is 5.97 Å². The highest BCUT2D eigenvalue weighted by Gasteiger charge is 2.23. The Labute approximate surface area is 89.4 Å². The molecular formula is C10H17N3O2. The van der Waals surface area contributed by atoms with Crippen LogP contribution in [0.25, 0.3) is 0 Å². The summed E-state index contributed by atoms with van der Waals surface area (Å²) in [5, 5.41) is 7.03. The number of esters is 1. The summed E-state index contributed by atoms with van der Waals surface area (Å²) in [5.74, 6) is -0.267. The number of rotatable bonds is 4. The summed E-state index contributed by atoms with van der Waals surface area (Å²) in [4.78, 5) is 11.6. The molecule has 1 atom stereocenters. The lowest BCUT2D eigenvalue weighted by atomic mass is 10.1. The summed E-state index contributed by atoms with van der Waals surface area (Å²) in [7, 11) is 3.57. The van der Waals surface area contributed by atoms with Gasteiger partial charge in [-0.1, -0.05) is 0 Å². The lowest BCUT2D eigenvalue weighted by molar-refractivity contribution is -0.145. The second-order valence-corrected chi connectivity index (χ2v) is 3.28. The van der Waals surface area contributed by atoms with Crippen molar-refractivity contribution in [2.24, 2.45) is 7.05 Å². The highest BCUT2D eigenvalue weighted by Crippen LogP contribution is 2.17. The topological polar surface area (TPSA) is 56.1 Å². The van der Waals surface area contributed by atoms with Crippen molar-refractivity contribution < 1.29 is 9.53 Å². The van der Waals surface area contributed by atoms with Crippen LogP contribution in [0.4, 0.5) is 0 Å². The van der Waals surface area contributed by atoms with Gasteiger partial charge in [0.05, 0.1) is 12.8 Å². The van der Waals surface area contributed by atoms with E-state index in [1.54, 1.807) is 24.9 Å². The van der Waals surface area contributed by atoms with Crippen molar-refractivity contribution in [1.29, 1.82) is 0 Å². The molecule has 0 saturated carbocycles. The molecule has 84 valence electrons. The molecular weight excluding hydrogens is 194 g/mol. The van der Waals surface area contributed by atoms with Crippen LogP contribution >= 0.6 is 0 Å². The lowest BCUT2D eigenvalue weighted by Crippen LogP contribution is -2.27. The van der Waals surface area contributed by atoms with E-state index in [2.05, 4.69) is 10.4 Å². The molecule has 1 heterocycles. The fraction of sp³-hybridized carbons (Fsp3) is 0.600. The van der Waals surface area contributed by atoms with Gasteiger partial charge in [0.15, 0.2) is 0 Å². The maximum atomic E-state index is 11.6. The number of likely N-dealkylation sites (N-methyl/N-ethyl adjacent to an activating group) is 1. The zero-order valence-corrected chi connectivity index (χ0v) is 9.57. The average molecular weight is 211 g/mol. The number of aromatic nitrogens is 2. The Hall–Kier alpha value is -1.36. The van der Waals surface area contributed by atoms with Gasteiger partial charge in [-0.05, 0) is 20.9 Å². The predicted molar refractivity (Wildman–Crippen MR) is 56.4 cm³/mol. The summed E-state index contributed by atoms with van der Waals surface area (Å²) >= 11 is 0.